The summed E-state index contributed by atoms with van der Waals surface area (Å²) in [5.74, 6) is 0.0451. The minimum Gasteiger partial charge on any atom is -0.218 e. The van der Waals surface area contributed by atoms with E-state index in [0.29, 0.717) is 0 Å². The monoisotopic (exact) mass is 344 g/mol. The van der Waals surface area contributed by atoms with Gasteiger partial charge in [-0.15, -0.1) is 0 Å². The van der Waals surface area contributed by atoms with Gasteiger partial charge >= 0.3 is 4.83 Å². The zero-order valence-electron chi connectivity index (χ0n) is 7.13. The summed E-state index contributed by atoms with van der Waals surface area (Å²) in [5.41, 5.74) is 0. The summed E-state index contributed by atoms with van der Waals surface area (Å²) in [5, 5.41) is -3.05. The molecule has 0 radical (unpaired) electrons. The molecule has 0 heterocycles. The first-order valence-corrected chi connectivity index (χ1v) is 5.75. The number of hydrogen-bond donors (Lipinski definition) is 0. The molecular formula is C7H10Br2ClF3. The number of alkyl halides is 6. The Kier molecular flexibility index (Phi) is 5.08. The molecule has 0 aromatic heterocycles. The molecule has 0 rings (SSSR count). The van der Waals surface area contributed by atoms with Gasteiger partial charge < -0.3 is 0 Å². The van der Waals surface area contributed by atoms with Gasteiger partial charge in [0.25, 0.3) is 5.13 Å². The zero-order chi connectivity index (χ0) is 10.9. The van der Waals surface area contributed by atoms with E-state index in [9.17, 15) is 13.2 Å². The van der Waals surface area contributed by atoms with Gasteiger partial charge in [-0.2, -0.15) is 8.78 Å². The molecule has 0 N–H and O–H groups in total. The van der Waals surface area contributed by atoms with Crippen LogP contribution in [0.3, 0.4) is 0 Å². The standard InChI is InChI=1S/C7H10Br2ClF3/c1-4(2)5(8)3-6(10,11)7(9,12)13/h4-5H,3H2,1-2H3. The molecule has 0 aromatic rings. The predicted molar refractivity (Wildman–Crippen MR) is 55.7 cm³/mol. The van der Waals surface area contributed by atoms with Crippen molar-refractivity contribution in [1.82, 2.24) is 0 Å². The summed E-state index contributed by atoms with van der Waals surface area (Å²) in [6.45, 7) is 3.58. The predicted octanol–water partition coefficient (Wildman–Crippen LogP) is 4.69. The topological polar surface area (TPSA) is 0 Å². The lowest BCUT2D eigenvalue weighted by molar-refractivity contribution is -0.0106. The van der Waals surface area contributed by atoms with E-state index in [2.05, 4.69) is 15.9 Å². The molecule has 13 heavy (non-hydrogen) atoms. The molecule has 0 aliphatic carbocycles. The van der Waals surface area contributed by atoms with E-state index in [1.54, 1.807) is 13.8 Å². The van der Waals surface area contributed by atoms with Crippen LogP contribution in [0.2, 0.25) is 0 Å². The third-order valence-corrected chi connectivity index (χ3v) is 4.22. The average molecular weight is 346 g/mol. The van der Waals surface area contributed by atoms with Gasteiger partial charge in [-0.1, -0.05) is 41.4 Å². The van der Waals surface area contributed by atoms with Crippen molar-refractivity contribution in [1.29, 1.82) is 0 Å². The lowest BCUT2D eigenvalue weighted by Gasteiger charge is -2.26. The van der Waals surface area contributed by atoms with Crippen LogP contribution in [-0.4, -0.2) is 14.8 Å². The second kappa shape index (κ2) is 4.71. The fourth-order valence-corrected chi connectivity index (χ4v) is 1.56. The van der Waals surface area contributed by atoms with E-state index in [4.69, 9.17) is 11.6 Å². The Hall–Kier alpha value is 1.04. The minimum atomic E-state index is -3.71. The molecule has 0 amide bonds. The maximum Gasteiger partial charge on any atom is 0.348 e. The van der Waals surface area contributed by atoms with Gasteiger partial charge in [0.1, 0.15) is 0 Å². The molecular weight excluding hydrogens is 336 g/mol. The van der Waals surface area contributed by atoms with Crippen LogP contribution in [0.25, 0.3) is 0 Å². The van der Waals surface area contributed by atoms with Gasteiger partial charge in [0.2, 0.25) is 0 Å². The van der Waals surface area contributed by atoms with Gasteiger partial charge in [-0.25, -0.2) is 4.39 Å². The summed E-state index contributed by atoms with van der Waals surface area (Å²) in [4.78, 5) is -4.08. The van der Waals surface area contributed by atoms with Crippen molar-refractivity contribution >= 4 is 43.5 Å². The Labute approximate surface area is 97.5 Å². The van der Waals surface area contributed by atoms with E-state index in [1.807, 2.05) is 15.9 Å². The Morgan fingerprint density at radius 1 is 1.31 bits per heavy atom. The first kappa shape index (κ1) is 14.0. The smallest absolute Gasteiger partial charge is 0.218 e. The Bertz CT molecular complexity index is 168. The van der Waals surface area contributed by atoms with E-state index in [0.717, 1.165) is 0 Å². The lowest BCUT2D eigenvalue weighted by Crippen LogP contribution is -2.37. The molecule has 0 saturated heterocycles. The Morgan fingerprint density at radius 3 is 1.92 bits per heavy atom. The second-order valence-electron chi connectivity index (χ2n) is 3.17. The fraction of sp³-hybridized carbons (Fsp3) is 1.00. The van der Waals surface area contributed by atoms with Crippen molar-refractivity contribution in [2.75, 3.05) is 0 Å². The molecule has 0 spiro atoms. The third kappa shape index (κ3) is 4.38. The molecule has 0 saturated carbocycles. The van der Waals surface area contributed by atoms with Crippen LogP contribution in [0.15, 0.2) is 0 Å². The molecule has 6 heteroatoms. The van der Waals surface area contributed by atoms with Crippen LogP contribution in [0.1, 0.15) is 20.3 Å². The van der Waals surface area contributed by atoms with Gasteiger partial charge in [-0.05, 0) is 21.8 Å². The van der Waals surface area contributed by atoms with Crippen LogP contribution >= 0.6 is 43.5 Å². The maximum atomic E-state index is 13.1. The summed E-state index contributed by atoms with van der Waals surface area (Å²) < 4.78 is 38.2. The quantitative estimate of drug-likeness (QED) is 0.648. The fourth-order valence-electron chi connectivity index (χ4n) is 0.596. The van der Waals surface area contributed by atoms with E-state index in [1.165, 1.54) is 0 Å². The minimum absolute atomic E-state index is 0.0451. The van der Waals surface area contributed by atoms with Gasteiger partial charge in [0.05, 0.1) is 0 Å². The van der Waals surface area contributed by atoms with Crippen molar-refractivity contribution in [3.05, 3.63) is 0 Å². The molecule has 0 fully saturated rings. The second-order valence-corrected chi connectivity index (χ2v) is 5.94. The lowest BCUT2D eigenvalue weighted by atomic mass is 10.1. The molecule has 0 nitrogen and oxygen atoms in total. The average Bonchev–Trinajstić information content (AvgIpc) is 1.83. The van der Waals surface area contributed by atoms with Crippen molar-refractivity contribution in [2.45, 2.75) is 35.1 Å². The first-order chi connectivity index (χ1) is 5.58. The van der Waals surface area contributed by atoms with E-state index < -0.39 is 16.4 Å². The number of rotatable bonds is 4. The van der Waals surface area contributed by atoms with Crippen molar-refractivity contribution < 1.29 is 13.2 Å². The summed E-state index contributed by atoms with van der Waals surface area (Å²) in [7, 11) is 0. The van der Waals surface area contributed by atoms with E-state index in [-0.39, 0.29) is 10.7 Å². The van der Waals surface area contributed by atoms with Crippen molar-refractivity contribution in [3.8, 4) is 0 Å². The highest BCUT2D eigenvalue weighted by molar-refractivity contribution is 9.10. The zero-order valence-corrected chi connectivity index (χ0v) is 11.1. The van der Waals surface area contributed by atoms with Gasteiger partial charge in [-0.3, -0.25) is 0 Å². The van der Waals surface area contributed by atoms with Crippen molar-refractivity contribution in [3.63, 3.8) is 0 Å². The molecule has 0 aromatic carbocycles. The Balaban J connectivity index is 4.34. The highest BCUT2D eigenvalue weighted by Crippen LogP contribution is 2.45. The highest BCUT2D eigenvalue weighted by atomic mass is 79.9. The summed E-state index contributed by atoms with van der Waals surface area (Å²) >= 11 is 10.1. The van der Waals surface area contributed by atoms with Crippen LogP contribution < -0.4 is 0 Å². The van der Waals surface area contributed by atoms with Gasteiger partial charge in [0, 0.05) is 11.2 Å². The normalized spacial score (nSPS) is 20.1. The largest absolute Gasteiger partial charge is 0.348 e. The summed E-state index contributed by atoms with van der Waals surface area (Å²) in [6.07, 6.45) is -0.454. The van der Waals surface area contributed by atoms with Crippen LogP contribution in [-0.2, 0) is 0 Å². The number of hydrogen-bond acceptors (Lipinski definition) is 0. The Morgan fingerprint density at radius 2 is 1.69 bits per heavy atom. The van der Waals surface area contributed by atoms with Gasteiger partial charge in [0.15, 0.2) is 0 Å². The molecule has 0 aliphatic heterocycles. The van der Waals surface area contributed by atoms with Crippen LogP contribution in [0.5, 0.6) is 0 Å². The van der Waals surface area contributed by atoms with Crippen LogP contribution in [0, 0.1) is 5.92 Å². The molecule has 80 valence electrons. The molecule has 2 atom stereocenters. The molecule has 0 aliphatic rings. The third-order valence-electron chi connectivity index (χ3n) is 1.59. The maximum absolute atomic E-state index is 13.1. The first-order valence-electron chi connectivity index (χ1n) is 3.66. The summed E-state index contributed by atoms with van der Waals surface area (Å²) in [6, 6.07) is 0. The SMILES string of the molecule is CC(C)C(Br)CC(F)(Cl)C(F)(F)Br. The molecule has 2 unspecified atom stereocenters. The van der Waals surface area contributed by atoms with Crippen molar-refractivity contribution in [2.24, 2.45) is 5.92 Å². The van der Waals surface area contributed by atoms with E-state index >= 15 is 0 Å². The van der Waals surface area contributed by atoms with Crippen LogP contribution in [0.4, 0.5) is 13.2 Å². The molecule has 0 bridgehead atoms. The highest BCUT2D eigenvalue weighted by Gasteiger charge is 2.52. The number of halogens is 6.